The first-order chi connectivity index (χ1) is 22.2. The Kier molecular flexibility index (Phi) is 11.7. The van der Waals surface area contributed by atoms with Crippen LogP contribution in [0.15, 0.2) is 0 Å². The molecule has 2 saturated carbocycles. The molecule has 3 aliphatic rings. The number of fused-ring (bicyclic) bond motifs is 1. The highest BCUT2D eigenvalue weighted by atomic mass is 16.2. The first-order valence-electron chi connectivity index (χ1n) is 17.0. The number of carbonyl (C=O) groups is 6. The standard InChI is InChI=1S/C32H51N9O6/c1-7-10-21(26(43)30(46)33-19-13-14-19)34-29(45)25-20-12-9-11-18(20)16-41(25)31(47)27(32(4,5)6)36-28(44)24(17(3)8-2)35-23(42)15-22-37-39-40-38-22/h17-21,24-25,27H,7-16H2,1-6H3,(H,33,46)(H,34,45)(H,35,42)(H,36,44)(H,37,38,39,40)/t17?,18?,20?,21?,24-,25-,27+/m0/s1. The number of hydrogen-bond donors (Lipinski definition) is 5. The highest BCUT2D eigenvalue weighted by molar-refractivity contribution is 6.38. The smallest absolute Gasteiger partial charge is 0.289 e. The predicted octanol–water partition coefficient (Wildman–Crippen LogP) is 0.564. The predicted molar refractivity (Wildman–Crippen MR) is 170 cm³/mol. The zero-order valence-corrected chi connectivity index (χ0v) is 28.4. The minimum absolute atomic E-state index is 0.00913. The summed E-state index contributed by atoms with van der Waals surface area (Å²) in [5.74, 6) is -3.24. The summed E-state index contributed by atoms with van der Waals surface area (Å²) in [6.07, 6.45) is 5.52. The molecule has 1 aromatic heterocycles. The van der Waals surface area contributed by atoms with Gasteiger partial charge in [0.15, 0.2) is 5.82 Å². The average Bonchev–Trinajstić information content (AvgIpc) is 3.34. The second-order valence-electron chi connectivity index (χ2n) is 14.5. The minimum Gasteiger partial charge on any atom is -0.347 e. The quantitative estimate of drug-likeness (QED) is 0.167. The fraction of sp³-hybridized carbons (Fsp3) is 0.781. The van der Waals surface area contributed by atoms with Crippen LogP contribution < -0.4 is 21.3 Å². The first-order valence-corrected chi connectivity index (χ1v) is 17.0. The summed E-state index contributed by atoms with van der Waals surface area (Å²) in [6.45, 7) is 11.5. The van der Waals surface area contributed by atoms with Gasteiger partial charge in [0, 0.05) is 12.6 Å². The summed E-state index contributed by atoms with van der Waals surface area (Å²) < 4.78 is 0. The molecule has 1 saturated heterocycles. The van der Waals surface area contributed by atoms with Crippen molar-refractivity contribution in [3.05, 3.63) is 5.82 Å². The van der Waals surface area contributed by atoms with E-state index in [-0.39, 0.29) is 36.0 Å². The molecule has 2 aliphatic carbocycles. The minimum atomic E-state index is -1.01. The molecule has 5 amide bonds. The summed E-state index contributed by atoms with van der Waals surface area (Å²) >= 11 is 0. The number of nitrogens with one attached hydrogen (secondary N) is 5. The Morgan fingerprint density at radius 3 is 2.32 bits per heavy atom. The molecule has 0 aromatic carbocycles. The maximum absolute atomic E-state index is 14.4. The monoisotopic (exact) mass is 657 g/mol. The van der Waals surface area contributed by atoms with E-state index < -0.39 is 64.9 Å². The lowest BCUT2D eigenvalue weighted by molar-refractivity contribution is -0.146. The number of tetrazole rings is 1. The van der Waals surface area contributed by atoms with E-state index >= 15 is 0 Å². The molecule has 2 heterocycles. The van der Waals surface area contributed by atoms with Crippen molar-refractivity contribution in [3.8, 4) is 0 Å². The lowest BCUT2D eigenvalue weighted by Gasteiger charge is -2.37. The van der Waals surface area contributed by atoms with Crippen molar-refractivity contribution >= 4 is 35.3 Å². The highest BCUT2D eigenvalue weighted by Gasteiger charge is 2.52. The van der Waals surface area contributed by atoms with E-state index in [2.05, 4.69) is 41.9 Å². The highest BCUT2D eigenvalue weighted by Crippen LogP contribution is 2.43. The van der Waals surface area contributed by atoms with Crippen molar-refractivity contribution in [1.29, 1.82) is 0 Å². The van der Waals surface area contributed by atoms with Gasteiger partial charge >= 0.3 is 0 Å². The van der Waals surface area contributed by atoms with Gasteiger partial charge in [0.2, 0.25) is 29.4 Å². The molecule has 4 rings (SSSR count). The van der Waals surface area contributed by atoms with Crippen LogP contribution in [0.25, 0.3) is 0 Å². The van der Waals surface area contributed by atoms with Gasteiger partial charge in [-0.2, -0.15) is 5.21 Å². The SMILES string of the molecule is CCCC(NC(=O)[C@@H]1C2CCCC2CN1C(=O)[C@@H](NC(=O)[C@@H](NC(=O)Cc1nn[nH]n1)C(C)CC)C(C)(C)C)C(=O)C(=O)NC1CC1. The Balaban J connectivity index is 1.52. The van der Waals surface area contributed by atoms with E-state index in [4.69, 9.17) is 0 Å². The van der Waals surface area contributed by atoms with E-state index in [9.17, 15) is 28.8 Å². The molecule has 3 fully saturated rings. The summed E-state index contributed by atoms with van der Waals surface area (Å²) in [6, 6.07) is -3.77. The Morgan fingerprint density at radius 1 is 1.00 bits per heavy atom. The number of rotatable bonds is 15. The molecular formula is C32H51N9O6. The van der Waals surface area contributed by atoms with E-state index in [0.29, 0.717) is 25.8 Å². The normalized spacial score (nSPS) is 23.2. The largest absolute Gasteiger partial charge is 0.347 e. The molecule has 1 aliphatic heterocycles. The van der Waals surface area contributed by atoms with Crippen LogP contribution in [-0.2, 0) is 35.2 Å². The molecule has 0 spiro atoms. The summed E-state index contributed by atoms with van der Waals surface area (Å²) in [7, 11) is 0. The fourth-order valence-electron chi connectivity index (χ4n) is 6.70. The number of nitrogens with zero attached hydrogens (tertiary/aromatic N) is 4. The molecule has 15 heteroatoms. The van der Waals surface area contributed by atoms with E-state index in [1.54, 1.807) is 4.90 Å². The van der Waals surface area contributed by atoms with Crippen molar-refractivity contribution in [2.75, 3.05) is 6.54 Å². The van der Waals surface area contributed by atoms with Gasteiger partial charge in [-0.1, -0.05) is 66.0 Å². The molecule has 0 bridgehead atoms. The van der Waals surface area contributed by atoms with Gasteiger partial charge in [-0.15, -0.1) is 10.2 Å². The molecule has 260 valence electrons. The van der Waals surface area contributed by atoms with Crippen LogP contribution >= 0.6 is 0 Å². The van der Waals surface area contributed by atoms with E-state index in [1.807, 2.05) is 41.5 Å². The van der Waals surface area contributed by atoms with Gasteiger partial charge < -0.3 is 26.2 Å². The van der Waals surface area contributed by atoms with Crippen LogP contribution in [0.2, 0.25) is 0 Å². The van der Waals surface area contributed by atoms with Crippen LogP contribution in [-0.4, -0.2) is 97.6 Å². The maximum Gasteiger partial charge on any atom is 0.289 e. The van der Waals surface area contributed by atoms with Crippen molar-refractivity contribution in [3.63, 3.8) is 0 Å². The summed E-state index contributed by atoms with van der Waals surface area (Å²) in [5.41, 5.74) is -0.748. The number of carbonyl (C=O) groups excluding carboxylic acids is 6. The number of aromatic amines is 1. The lowest BCUT2D eigenvalue weighted by atomic mass is 9.84. The van der Waals surface area contributed by atoms with E-state index in [1.165, 1.54) is 0 Å². The zero-order valence-electron chi connectivity index (χ0n) is 28.4. The molecule has 4 unspecified atom stereocenters. The second-order valence-corrected chi connectivity index (χ2v) is 14.5. The molecule has 0 radical (unpaired) electrons. The van der Waals surface area contributed by atoms with Crippen LogP contribution in [0.4, 0.5) is 0 Å². The Bertz CT molecular complexity index is 1310. The molecule has 47 heavy (non-hydrogen) atoms. The summed E-state index contributed by atoms with van der Waals surface area (Å²) in [5, 5.41) is 24.6. The lowest BCUT2D eigenvalue weighted by Crippen LogP contribution is -2.62. The van der Waals surface area contributed by atoms with Gasteiger partial charge in [0.1, 0.15) is 18.1 Å². The van der Waals surface area contributed by atoms with Crippen LogP contribution in [0, 0.1) is 23.2 Å². The number of aromatic nitrogens is 4. The fourth-order valence-corrected chi connectivity index (χ4v) is 6.70. The Labute approximate surface area is 275 Å². The van der Waals surface area contributed by atoms with Crippen molar-refractivity contribution in [1.82, 2.24) is 46.8 Å². The zero-order chi connectivity index (χ0) is 34.5. The molecule has 7 atom stereocenters. The number of Topliss-reactive ketones (excluding diaryl/α,β-unsaturated/α-hetero) is 1. The number of likely N-dealkylation sites (tertiary alicyclic amines) is 1. The third-order valence-electron chi connectivity index (χ3n) is 9.71. The second kappa shape index (κ2) is 15.3. The maximum atomic E-state index is 14.4. The number of hydrogen-bond acceptors (Lipinski definition) is 9. The van der Waals surface area contributed by atoms with Crippen LogP contribution in [0.1, 0.15) is 98.7 Å². The summed E-state index contributed by atoms with van der Waals surface area (Å²) in [4.78, 5) is 82.2. The molecule has 1 aromatic rings. The Hall–Kier alpha value is -3.91. The average molecular weight is 658 g/mol. The van der Waals surface area contributed by atoms with Gasteiger partial charge in [-0.25, -0.2) is 0 Å². The third kappa shape index (κ3) is 8.92. The van der Waals surface area contributed by atoms with Crippen molar-refractivity contribution in [2.24, 2.45) is 23.2 Å². The van der Waals surface area contributed by atoms with Gasteiger partial charge in [-0.05, 0) is 55.3 Å². The number of H-pyrrole nitrogens is 1. The first kappa shape index (κ1) is 35.9. The third-order valence-corrected chi connectivity index (χ3v) is 9.71. The van der Waals surface area contributed by atoms with Gasteiger partial charge in [0.25, 0.3) is 5.91 Å². The van der Waals surface area contributed by atoms with Crippen molar-refractivity contribution in [2.45, 2.75) is 130 Å². The van der Waals surface area contributed by atoms with Crippen LogP contribution in [0.3, 0.4) is 0 Å². The molecule has 5 N–H and O–H groups in total. The molecular weight excluding hydrogens is 606 g/mol. The van der Waals surface area contributed by atoms with E-state index in [0.717, 1.165) is 32.1 Å². The van der Waals surface area contributed by atoms with Crippen LogP contribution in [0.5, 0.6) is 0 Å². The Morgan fingerprint density at radius 2 is 1.72 bits per heavy atom. The molecule has 15 nitrogen and oxygen atoms in total. The van der Waals surface area contributed by atoms with Gasteiger partial charge in [0.05, 0.1) is 12.5 Å². The van der Waals surface area contributed by atoms with Gasteiger partial charge in [-0.3, -0.25) is 28.8 Å². The van der Waals surface area contributed by atoms with Crippen molar-refractivity contribution < 1.29 is 28.8 Å². The topological polar surface area (TPSA) is 208 Å². The number of ketones is 1. The number of amides is 5.